The molecule has 0 bridgehead atoms. The van der Waals surface area contributed by atoms with Crippen LogP contribution in [0.1, 0.15) is 33.3 Å². The summed E-state index contributed by atoms with van der Waals surface area (Å²) in [6.07, 6.45) is 7.31. The van der Waals surface area contributed by atoms with Crippen LogP contribution < -0.4 is 27.1 Å². The second-order valence-electron chi connectivity index (χ2n) is 9.46. The van der Waals surface area contributed by atoms with E-state index in [0.29, 0.717) is 6.17 Å². The number of nitrogens with one attached hydrogen (secondary N) is 1. The Kier molecular flexibility index (Phi) is 6.30. The summed E-state index contributed by atoms with van der Waals surface area (Å²) in [6.45, 7) is 11.3. The maximum atomic E-state index is 2.55. The van der Waals surface area contributed by atoms with E-state index in [4.69, 9.17) is 0 Å². The van der Waals surface area contributed by atoms with Crippen molar-refractivity contribution in [3.8, 4) is 0 Å². The van der Waals surface area contributed by atoms with Gasteiger partial charge in [0.1, 0.15) is 5.69 Å². The van der Waals surface area contributed by atoms with Crippen LogP contribution in [0.15, 0.2) is 84.6 Å². The van der Waals surface area contributed by atoms with Gasteiger partial charge >= 0.3 is 0 Å². The Morgan fingerprint density at radius 1 is 0.939 bits per heavy atom. The van der Waals surface area contributed by atoms with Crippen molar-refractivity contribution in [1.29, 1.82) is 0 Å². The molecule has 172 valence electrons. The Hall–Kier alpha value is -2.75. The van der Waals surface area contributed by atoms with Crippen LogP contribution in [0.5, 0.6) is 0 Å². The predicted molar refractivity (Wildman–Crippen MR) is 137 cm³/mol. The predicted octanol–water partition coefficient (Wildman–Crippen LogP) is 2.41. The SMILES string of the molecule is CCN1c2cc3ccccc3cc2[NH+](CC)C1/C=C/C=C1\N(C)c2ccccc2C1(C)C.[Cl-]. The number of likely N-dealkylation sites (N-methyl/N-ethyl adjacent to an activating group) is 3. The number of benzene rings is 3. The number of anilines is 2. The third-order valence-corrected chi connectivity index (χ3v) is 7.42. The Bertz CT molecular complexity index is 1180. The summed E-state index contributed by atoms with van der Waals surface area (Å²) in [5.41, 5.74) is 6.86. The number of hydrogen-bond donors (Lipinski definition) is 1. The van der Waals surface area contributed by atoms with Gasteiger partial charge in [0.05, 0.1) is 6.54 Å². The molecule has 2 heterocycles. The van der Waals surface area contributed by atoms with Gasteiger partial charge < -0.3 is 22.2 Å². The van der Waals surface area contributed by atoms with E-state index in [9.17, 15) is 0 Å². The zero-order valence-corrected chi connectivity index (χ0v) is 21.0. The first-order chi connectivity index (χ1) is 15.5. The largest absolute Gasteiger partial charge is 1.00 e. The molecular weight excluding hydrogens is 426 g/mol. The fraction of sp³-hybridized carbons (Fsp3) is 0.310. The van der Waals surface area contributed by atoms with Crippen molar-refractivity contribution in [3.05, 3.63) is 90.2 Å². The molecule has 0 saturated carbocycles. The molecule has 2 aliphatic rings. The monoisotopic (exact) mass is 459 g/mol. The van der Waals surface area contributed by atoms with Crippen molar-refractivity contribution in [2.75, 3.05) is 29.9 Å². The number of fused-ring (bicyclic) bond motifs is 3. The van der Waals surface area contributed by atoms with Gasteiger partial charge in [0, 0.05) is 36.5 Å². The van der Waals surface area contributed by atoms with Crippen LogP contribution in [0.25, 0.3) is 10.8 Å². The van der Waals surface area contributed by atoms with Crippen molar-refractivity contribution in [2.24, 2.45) is 0 Å². The maximum Gasteiger partial charge on any atom is 0.187 e. The third-order valence-electron chi connectivity index (χ3n) is 7.42. The van der Waals surface area contributed by atoms with E-state index >= 15 is 0 Å². The van der Waals surface area contributed by atoms with Gasteiger partial charge in [0.15, 0.2) is 11.9 Å². The highest BCUT2D eigenvalue weighted by molar-refractivity contribution is 5.91. The van der Waals surface area contributed by atoms with E-state index in [1.807, 2.05) is 0 Å². The second kappa shape index (κ2) is 8.89. The molecule has 0 spiro atoms. The molecule has 0 amide bonds. The van der Waals surface area contributed by atoms with Crippen LogP contribution in [0.2, 0.25) is 0 Å². The molecule has 3 aromatic rings. The lowest BCUT2D eigenvalue weighted by Gasteiger charge is -2.25. The first-order valence-electron chi connectivity index (χ1n) is 11.8. The number of para-hydroxylation sites is 1. The van der Waals surface area contributed by atoms with Gasteiger partial charge in [-0.1, -0.05) is 62.4 Å². The number of halogens is 1. The van der Waals surface area contributed by atoms with Crippen LogP contribution >= 0.6 is 0 Å². The van der Waals surface area contributed by atoms with Crippen LogP contribution in [0, 0.1) is 0 Å². The van der Waals surface area contributed by atoms with Crippen molar-refractivity contribution < 1.29 is 17.3 Å². The van der Waals surface area contributed by atoms with Crippen molar-refractivity contribution in [2.45, 2.75) is 39.3 Å². The summed E-state index contributed by atoms with van der Waals surface area (Å²) in [7, 11) is 2.19. The topological polar surface area (TPSA) is 10.9 Å². The van der Waals surface area contributed by atoms with E-state index in [2.05, 4.69) is 123 Å². The average Bonchev–Trinajstić information content (AvgIpc) is 3.20. The van der Waals surface area contributed by atoms with E-state index in [1.54, 1.807) is 0 Å². The average molecular weight is 460 g/mol. The van der Waals surface area contributed by atoms with Crippen molar-refractivity contribution in [1.82, 2.24) is 0 Å². The lowest BCUT2D eigenvalue weighted by Crippen LogP contribution is -3.10. The van der Waals surface area contributed by atoms with Gasteiger partial charge in [-0.05, 0) is 54.5 Å². The summed E-state index contributed by atoms with van der Waals surface area (Å²) < 4.78 is 0. The lowest BCUT2D eigenvalue weighted by atomic mass is 9.84. The molecule has 0 saturated heterocycles. The molecule has 2 atom stereocenters. The van der Waals surface area contributed by atoms with Crippen LogP contribution in [-0.2, 0) is 5.41 Å². The Morgan fingerprint density at radius 2 is 1.61 bits per heavy atom. The molecular formula is C29H34ClN3. The van der Waals surface area contributed by atoms with Crippen LogP contribution in [0.3, 0.4) is 0 Å². The highest BCUT2D eigenvalue weighted by Gasteiger charge is 2.39. The van der Waals surface area contributed by atoms with Gasteiger partial charge in [-0.3, -0.25) is 4.90 Å². The molecule has 0 aliphatic carbocycles. The van der Waals surface area contributed by atoms with Crippen LogP contribution in [-0.4, -0.2) is 26.3 Å². The highest BCUT2D eigenvalue weighted by atomic mass is 35.5. The number of allylic oxidation sites excluding steroid dienone is 3. The Labute approximate surface area is 204 Å². The first-order valence-corrected chi connectivity index (χ1v) is 11.8. The van der Waals surface area contributed by atoms with Crippen molar-refractivity contribution >= 4 is 27.8 Å². The standard InChI is InChI=1S/C29H33N3.ClH/c1-6-31-25-19-21-13-8-9-14-22(21)20-26(25)32(7-2)28(31)18-12-17-27-29(3,4)23-15-10-11-16-24(23)30(27)5;/h8-20,28H,6-7H2,1-5H3;1H/b18-12+,27-17-;. The minimum atomic E-state index is 0. The minimum absolute atomic E-state index is 0. The molecule has 0 fully saturated rings. The fourth-order valence-corrected chi connectivity index (χ4v) is 5.76. The van der Waals surface area contributed by atoms with E-state index in [-0.39, 0.29) is 17.8 Å². The summed E-state index contributed by atoms with van der Waals surface area (Å²) in [4.78, 5) is 6.41. The number of nitrogens with zero attached hydrogens (tertiary/aromatic N) is 2. The smallest absolute Gasteiger partial charge is 0.187 e. The Morgan fingerprint density at radius 3 is 2.27 bits per heavy atom. The molecule has 3 aromatic carbocycles. The maximum absolute atomic E-state index is 2.55. The molecule has 2 unspecified atom stereocenters. The summed E-state index contributed by atoms with van der Waals surface area (Å²) >= 11 is 0. The molecule has 0 aromatic heterocycles. The summed E-state index contributed by atoms with van der Waals surface area (Å²) in [5.74, 6) is 0. The quantitative estimate of drug-likeness (QED) is 0.642. The lowest BCUT2D eigenvalue weighted by molar-refractivity contribution is -0.843. The van der Waals surface area contributed by atoms with Gasteiger partial charge in [0.25, 0.3) is 0 Å². The summed E-state index contributed by atoms with van der Waals surface area (Å²) in [5, 5.41) is 2.64. The summed E-state index contributed by atoms with van der Waals surface area (Å²) in [6, 6.07) is 22.2. The molecule has 5 rings (SSSR count). The fourth-order valence-electron chi connectivity index (χ4n) is 5.76. The Balaban J connectivity index is 0.00000259. The molecule has 1 N–H and O–H groups in total. The van der Waals surface area contributed by atoms with Crippen LogP contribution in [0.4, 0.5) is 17.1 Å². The van der Waals surface area contributed by atoms with E-state index in [0.717, 1.165) is 13.1 Å². The zero-order valence-electron chi connectivity index (χ0n) is 20.3. The van der Waals surface area contributed by atoms with Gasteiger partial charge in [0.2, 0.25) is 0 Å². The highest BCUT2D eigenvalue weighted by Crippen LogP contribution is 2.46. The van der Waals surface area contributed by atoms with Crippen molar-refractivity contribution in [3.63, 3.8) is 0 Å². The molecule has 0 radical (unpaired) electrons. The van der Waals surface area contributed by atoms with Gasteiger partial charge in [-0.15, -0.1) is 0 Å². The normalized spacial score (nSPS) is 22.2. The van der Waals surface area contributed by atoms with E-state index < -0.39 is 0 Å². The first kappa shape index (κ1) is 23.4. The molecule has 3 nitrogen and oxygen atoms in total. The molecule has 4 heteroatoms. The molecule has 2 aliphatic heterocycles. The number of hydrogen-bond acceptors (Lipinski definition) is 2. The van der Waals surface area contributed by atoms with Gasteiger partial charge in [-0.2, -0.15) is 0 Å². The molecule has 33 heavy (non-hydrogen) atoms. The van der Waals surface area contributed by atoms with Gasteiger partial charge in [-0.25, -0.2) is 0 Å². The number of quaternary nitrogens is 1. The zero-order chi connectivity index (χ0) is 22.5. The minimum Gasteiger partial charge on any atom is -1.00 e. The number of rotatable bonds is 4. The third kappa shape index (κ3) is 3.64. The van der Waals surface area contributed by atoms with E-state index in [1.165, 1.54) is 44.0 Å². The second-order valence-corrected chi connectivity index (χ2v) is 9.46.